The lowest BCUT2D eigenvalue weighted by molar-refractivity contribution is -0.106. The highest BCUT2D eigenvalue weighted by atomic mass is 35.5. The Labute approximate surface area is 103 Å². The molecule has 1 aromatic heterocycles. The van der Waals surface area contributed by atoms with Crippen LogP contribution in [0.4, 0.5) is 0 Å². The van der Waals surface area contributed by atoms with E-state index in [1.165, 1.54) is 11.3 Å². The molecule has 0 aliphatic rings. The minimum absolute atomic E-state index is 0.425. The van der Waals surface area contributed by atoms with Crippen molar-refractivity contribution in [1.82, 2.24) is 0 Å². The predicted molar refractivity (Wildman–Crippen MR) is 69.5 cm³/mol. The Morgan fingerprint density at radius 1 is 1.12 bits per heavy atom. The summed E-state index contributed by atoms with van der Waals surface area (Å²) in [5.41, 5.74) is 1.52. The molecule has 0 atom stereocenters. The highest BCUT2D eigenvalue weighted by molar-refractivity contribution is 7.12. The smallest absolute Gasteiger partial charge is 0.253 e. The van der Waals surface area contributed by atoms with Crippen LogP contribution in [0.1, 0.15) is 10.4 Å². The van der Waals surface area contributed by atoms with Crippen molar-refractivity contribution in [3.63, 3.8) is 0 Å². The number of hydrogen-bond donors (Lipinski definition) is 0. The standard InChI is InChI=1S/C13H9ClOS/c14-13(15)11(12-7-4-8-16-12)9-10-5-2-1-3-6-10/h1-9H/b11-9+. The van der Waals surface area contributed by atoms with Gasteiger partial charge in [0, 0.05) is 4.88 Å². The molecule has 0 amide bonds. The maximum atomic E-state index is 11.4. The fraction of sp³-hybridized carbons (Fsp3) is 0. The van der Waals surface area contributed by atoms with E-state index >= 15 is 0 Å². The van der Waals surface area contributed by atoms with Crippen molar-refractivity contribution in [2.45, 2.75) is 0 Å². The second kappa shape index (κ2) is 5.10. The minimum Gasteiger partial charge on any atom is -0.276 e. The molecule has 1 heterocycles. The molecule has 2 aromatic rings. The van der Waals surface area contributed by atoms with E-state index in [0.717, 1.165) is 10.4 Å². The minimum atomic E-state index is -0.425. The Bertz CT molecular complexity index is 500. The Hall–Kier alpha value is -1.38. The van der Waals surface area contributed by atoms with E-state index in [0.29, 0.717) is 5.57 Å². The molecule has 0 aliphatic heterocycles. The summed E-state index contributed by atoms with van der Waals surface area (Å²) in [5, 5.41) is 1.50. The molecule has 2 rings (SSSR count). The zero-order chi connectivity index (χ0) is 11.4. The van der Waals surface area contributed by atoms with Gasteiger partial charge >= 0.3 is 0 Å². The number of halogens is 1. The Balaban J connectivity index is 2.42. The summed E-state index contributed by atoms with van der Waals surface area (Å²) >= 11 is 7.09. The van der Waals surface area contributed by atoms with Crippen molar-refractivity contribution in [3.8, 4) is 0 Å². The zero-order valence-electron chi connectivity index (χ0n) is 8.39. The normalized spacial score (nSPS) is 11.4. The Morgan fingerprint density at radius 3 is 2.44 bits per heavy atom. The van der Waals surface area contributed by atoms with Crippen LogP contribution in [0.15, 0.2) is 47.8 Å². The summed E-state index contributed by atoms with van der Waals surface area (Å²) in [6, 6.07) is 13.5. The van der Waals surface area contributed by atoms with Crippen LogP contribution >= 0.6 is 22.9 Å². The van der Waals surface area contributed by atoms with Crippen molar-refractivity contribution in [3.05, 3.63) is 58.3 Å². The summed E-state index contributed by atoms with van der Waals surface area (Å²) in [6.07, 6.45) is 1.81. The van der Waals surface area contributed by atoms with E-state index in [1.54, 1.807) is 6.08 Å². The number of carbonyl (C=O) groups excluding carboxylic acids is 1. The van der Waals surface area contributed by atoms with E-state index in [4.69, 9.17) is 11.6 Å². The maximum absolute atomic E-state index is 11.4. The second-order valence-electron chi connectivity index (χ2n) is 3.22. The molecule has 1 nitrogen and oxygen atoms in total. The molecule has 0 radical (unpaired) electrons. The summed E-state index contributed by atoms with van der Waals surface area (Å²) in [4.78, 5) is 12.2. The van der Waals surface area contributed by atoms with Crippen LogP contribution in [-0.4, -0.2) is 5.24 Å². The van der Waals surface area contributed by atoms with Crippen molar-refractivity contribution < 1.29 is 4.79 Å². The second-order valence-corrected chi connectivity index (χ2v) is 4.51. The van der Waals surface area contributed by atoms with Crippen LogP contribution in [-0.2, 0) is 4.79 Å². The molecular weight excluding hydrogens is 240 g/mol. The van der Waals surface area contributed by atoms with Gasteiger partial charge in [-0.2, -0.15) is 0 Å². The van der Waals surface area contributed by atoms with Crippen LogP contribution < -0.4 is 0 Å². The van der Waals surface area contributed by atoms with Crippen LogP contribution in [0, 0.1) is 0 Å². The number of benzene rings is 1. The van der Waals surface area contributed by atoms with Gasteiger partial charge in [0.25, 0.3) is 5.24 Å². The molecule has 0 fully saturated rings. The average molecular weight is 249 g/mol. The molecule has 0 saturated carbocycles. The van der Waals surface area contributed by atoms with E-state index < -0.39 is 5.24 Å². The molecular formula is C13H9ClOS. The predicted octanol–water partition coefficient (Wildman–Crippen LogP) is 4.05. The Morgan fingerprint density at radius 2 is 1.88 bits per heavy atom. The van der Waals surface area contributed by atoms with Gasteiger partial charge in [-0.3, -0.25) is 4.79 Å². The van der Waals surface area contributed by atoms with Gasteiger partial charge in [0.2, 0.25) is 0 Å². The number of rotatable bonds is 3. The largest absolute Gasteiger partial charge is 0.276 e. The Kier molecular flexibility index (Phi) is 3.54. The van der Waals surface area contributed by atoms with Gasteiger partial charge < -0.3 is 0 Å². The van der Waals surface area contributed by atoms with Gasteiger partial charge in [-0.05, 0) is 34.7 Å². The first-order valence-electron chi connectivity index (χ1n) is 4.78. The first-order valence-corrected chi connectivity index (χ1v) is 6.03. The van der Waals surface area contributed by atoms with Gasteiger partial charge in [-0.1, -0.05) is 36.4 Å². The molecule has 0 N–H and O–H groups in total. The molecule has 0 saturated heterocycles. The highest BCUT2D eigenvalue weighted by Gasteiger charge is 2.09. The summed E-state index contributed by atoms with van der Waals surface area (Å²) in [7, 11) is 0. The average Bonchev–Trinajstić information content (AvgIpc) is 2.80. The summed E-state index contributed by atoms with van der Waals surface area (Å²) in [6.45, 7) is 0. The third-order valence-corrected chi connectivity index (χ3v) is 3.22. The van der Waals surface area contributed by atoms with Gasteiger partial charge in [-0.25, -0.2) is 0 Å². The van der Waals surface area contributed by atoms with Gasteiger partial charge in [0.1, 0.15) is 0 Å². The SMILES string of the molecule is O=C(Cl)/C(=C/c1ccccc1)c1cccs1. The third-order valence-electron chi connectivity index (χ3n) is 2.11. The lowest BCUT2D eigenvalue weighted by Crippen LogP contribution is -1.90. The van der Waals surface area contributed by atoms with Crippen molar-refractivity contribution in [2.75, 3.05) is 0 Å². The highest BCUT2D eigenvalue weighted by Crippen LogP contribution is 2.24. The van der Waals surface area contributed by atoms with E-state index in [-0.39, 0.29) is 0 Å². The van der Waals surface area contributed by atoms with E-state index in [9.17, 15) is 4.79 Å². The van der Waals surface area contributed by atoms with Crippen LogP contribution in [0.2, 0.25) is 0 Å². The van der Waals surface area contributed by atoms with Gasteiger partial charge in [-0.15, -0.1) is 11.3 Å². The maximum Gasteiger partial charge on any atom is 0.253 e. The van der Waals surface area contributed by atoms with E-state index in [1.807, 2.05) is 47.8 Å². The molecule has 3 heteroatoms. The van der Waals surface area contributed by atoms with E-state index in [2.05, 4.69) is 0 Å². The molecule has 0 spiro atoms. The molecule has 80 valence electrons. The van der Waals surface area contributed by atoms with Crippen LogP contribution in [0.25, 0.3) is 11.6 Å². The molecule has 1 aromatic carbocycles. The first kappa shape index (κ1) is 11.1. The lowest BCUT2D eigenvalue weighted by atomic mass is 10.1. The molecule has 0 unspecified atom stereocenters. The van der Waals surface area contributed by atoms with Crippen molar-refractivity contribution in [1.29, 1.82) is 0 Å². The van der Waals surface area contributed by atoms with Crippen molar-refractivity contribution >= 4 is 39.8 Å². The van der Waals surface area contributed by atoms with Gasteiger partial charge in [0.05, 0.1) is 5.57 Å². The molecule has 16 heavy (non-hydrogen) atoms. The van der Waals surface area contributed by atoms with Crippen LogP contribution in [0.5, 0.6) is 0 Å². The summed E-state index contributed by atoms with van der Waals surface area (Å²) < 4.78 is 0. The van der Waals surface area contributed by atoms with Crippen LogP contribution in [0.3, 0.4) is 0 Å². The number of thiophene rings is 1. The summed E-state index contributed by atoms with van der Waals surface area (Å²) in [5.74, 6) is 0. The lowest BCUT2D eigenvalue weighted by Gasteiger charge is -1.99. The van der Waals surface area contributed by atoms with Gasteiger partial charge in [0.15, 0.2) is 0 Å². The number of allylic oxidation sites excluding steroid dienone is 1. The zero-order valence-corrected chi connectivity index (χ0v) is 9.96. The topological polar surface area (TPSA) is 17.1 Å². The monoisotopic (exact) mass is 248 g/mol. The quantitative estimate of drug-likeness (QED) is 0.592. The molecule has 0 aliphatic carbocycles. The molecule has 0 bridgehead atoms. The first-order chi connectivity index (χ1) is 7.77. The fourth-order valence-electron chi connectivity index (χ4n) is 1.37. The number of carbonyl (C=O) groups is 1. The van der Waals surface area contributed by atoms with Crippen molar-refractivity contribution in [2.24, 2.45) is 0 Å². The fourth-order valence-corrected chi connectivity index (χ4v) is 2.32. The third kappa shape index (κ3) is 2.60. The number of hydrogen-bond acceptors (Lipinski definition) is 2.